The highest BCUT2D eigenvalue weighted by molar-refractivity contribution is 5.80. The van der Waals surface area contributed by atoms with Gasteiger partial charge in [0.05, 0.1) is 0 Å². The number of aliphatic carboxylic acids is 1. The van der Waals surface area contributed by atoms with Crippen molar-refractivity contribution in [2.75, 3.05) is 6.54 Å². The van der Waals surface area contributed by atoms with Gasteiger partial charge in [-0.25, -0.2) is 0 Å². The average molecular weight is 804 g/mol. The second-order valence-electron chi connectivity index (χ2n) is 15.2. The quantitative estimate of drug-likeness (QED) is 0.0365. The molecule has 2 N–H and O–H groups in total. The van der Waals surface area contributed by atoms with Gasteiger partial charge in [0.1, 0.15) is 12.6 Å². The molecule has 0 saturated heterocycles. The molecule has 0 aliphatic rings. The van der Waals surface area contributed by atoms with Crippen LogP contribution in [0.25, 0.3) is 0 Å². The van der Waals surface area contributed by atoms with Crippen molar-refractivity contribution in [1.82, 2.24) is 5.32 Å². The smallest absolute Gasteiger partial charge is 0.322 e. The molecule has 6 nitrogen and oxygen atoms in total. The summed E-state index contributed by atoms with van der Waals surface area (Å²) in [4.78, 5) is 35.1. The molecule has 0 spiro atoms. The lowest BCUT2D eigenvalue weighted by Gasteiger charge is -2.18. The lowest BCUT2D eigenvalue weighted by Crippen LogP contribution is -2.28. The van der Waals surface area contributed by atoms with Gasteiger partial charge in [0.2, 0.25) is 5.91 Å². The molecule has 0 rings (SSSR count). The number of amides is 1. The van der Waals surface area contributed by atoms with Crippen LogP contribution in [-0.2, 0) is 19.1 Å². The fraction of sp³-hybridized carbons (Fsp3) is 0.635. The number of hydrogen-bond acceptors (Lipinski definition) is 4. The second-order valence-corrected chi connectivity index (χ2v) is 15.2. The number of hydrogen-bond donors (Lipinski definition) is 2. The van der Waals surface area contributed by atoms with E-state index in [1.54, 1.807) is 0 Å². The number of rotatable bonds is 41. The van der Waals surface area contributed by atoms with Crippen LogP contribution in [0.1, 0.15) is 200 Å². The van der Waals surface area contributed by atoms with E-state index in [1.807, 2.05) is 0 Å². The Morgan fingerprint density at radius 2 is 0.793 bits per heavy atom. The number of unbranched alkanes of at least 4 members (excludes halogenated alkanes) is 14. The molecule has 0 aliphatic carbocycles. The third-order valence-electron chi connectivity index (χ3n) is 9.75. The van der Waals surface area contributed by atoms with Gasteiger partial charge >= 0.3 is 11.9 Å². The van der Waals surface area contributed by atoms with Crippen molar-refractivity contribution in [3.05, 3.63) is 97.2 Å². The molecule has 0 aliphatic heterocycles. The van der Waals surface area contributed by atoms with E-state index in [0.29, 0.717) is 12.8 Å². The van der Waals surface area contributed by atoms with Crippen molar-refractivity contribution in [3.8, 4) is 0 Å². The lowest BCUT2D eigenvalue weighted by molar-refractivity contribution is -0.150. The van der Waals surface area contributed by atoms with Crippen LogP contribution in [0.4, 0.5) is 0 Å². The molecular weight excluding hydrogens is 719 g/mol. The van der Waals surface area contributed by atoms with Crippen LogP contribution in [0.3, 0.4) is 0 Å². The Morgan fingerprint density at radius 1 is 0.448 bits per heavy atom. The van der Waals surface area contributed by atoms with Crippen molar-refractivity contribution >= 4 is 17.8 Å². The molecule has 328 valence electrons. The Morgan fingerprint density at radius 3 is 1.24 bits per heavy atom. The van der Waals surface area contributed by atoms with E-state index < -0.39 is 5.97 Å². The van der Waals surface area contributed by atoms with Crippen LogP contribution < -0.4 is 5.32 Å². The van der Waals surface area contributed by atoms with E-state index in [0.717, 1.165) is 128 Å². The van der Waals surface area contributed by atoms with Crippen molar-refractivity contribution in [1.29, 1.82) is 0 Å². The van der Waals surface area contributed by atoms with Gasteiger partial charge in [0, 0.05) is 12.8 Å². The first kappa shape index (κ1) is 54.3. The van der Waals surface area contributed by atoms with E-state index in [1.165, 1.54) is 44.9 Å². The fourth-order valence-electron chi connectivity index (χ4n) is 6.38. The number of esters is 1. The first-order valence-corrected chi connectivity index (χ1v) is 23.4. The summed E-state index contributed by atoms with van der Waals surface area (Å²) in [5.41, 5.74) is 0. The maximum atomic E-state index is 12.8. The summed E-state index contributed by atoms with van der Waals surface area (Å²) >= 11 is 0. The molecular formula is C52H85NO5. The number of ether oxygens (including phenoxy) is 1. The van der Waals surface area contributed by atoms with Crippen LogP contribution in [0, 0.1) is 0 Å². The van der Waals surface area contributed by atoms with Crippen molar-refractivity contribution in [2.45, 2.75) is 206 Å². The second kappa shape index (κ2) is 46.0. The monoisotopic (exact) mass is 804 g/mol. The highest BCUT2D eigenvalue weighted by Gasteiger charge is 2.14. The normalized spacial score (nSPS) is 13.0. The van der Waals surface area contributed by atoms with Crippen LogP contribution in [-0.4, -0.2) is 35.6 Å². The molecule has 0 bridgehead atoms. The van der Waals surface area contributed by atoms with Gasteiger partial charge in [0.15, 0.2) is 0 Å². The molecule has 1 amide bonds. The Balaban J connectivity index is 4.25. The predicted octanol–water partition coefficient (Wildman–Crippen LogP) is 14.9. The predicted molar refractivity (Wildman–Crippen MR) is 249 cm³/mol. The topological polar surface area (TPSA) is 92.7 Å². The summed E-state index contributed by atoms with van der Waals surface area (Å²) in [6.07, 6.45) is 65.3. The van der Waals surface area contributed by atoms with Gasteiger partial charge in [-0.3, -0.25) is 14.4 Å². The van der Waals surface area contributed by atoms with E-state index in [-0.39, 0.29) is 24.5 Å². The van der Waals surface area contributed by atoms with Gasteiger partial charge in [-0.2, -0.15) is 0 Å². The van der Waals surface area contributed by atoms with E-state index in [9.17, 15) is 14.4 Å². The van der Waals surface area contributed by atoms with Gasteiger partial charge in [-0.1, -0.05) is 169 Å². The maximum absolute atomic E-state index is 12.8. The highest BCUT2D eigenvalue weighted by atomic mass is 16.5. The standard InChI is InChI=1S/C52H85NO5/c1-3-5-7-9-11-13-15-17-19-20-21-22-23-24-26-28-30-32-34-39-43-47-52(57)58-49(45-41-37-35-38-42-46-50(54)53-48-51(55)56)44-40-36-33-31-29-27-25-18-16-14-12-10-8-6-4-2/h5-8,11-14,17-19,21-22,25,29,31,49H,3-4,9-10,15-16,20,23-24,26-28,30,32-48H2,1-2H3,(H,53,54)(H,55,56)/b7-5-,8-6-,13-11-,14-12-,19-17-,22-21-,25-18-,31-29-. The molecule has 6 heteroatoms. The lowest BCUT2D eigenvalue weighted by atomic mass is 10.0. The first-order chi connectivity index (χ1) is 28.5. The molecule has 0 fully saturated rings. The van der Waals surface area contributed by atoms with Crippen LogP contribution in [0.5, 0.6) is 0 Å². The average Bonchev–Trinajstić information content (AvgIpc) is 3.21. The van der Waals surface area contributed by atoms with Crippen LogP contribution >= 0.6 is 0 Å². The summed E-state index contributed by atoms with van der Waals surface area (Å²) < 4.78 is 6.03. The van der Waals surface area contributed by atoms with Gasteiger partial charge < -0.3 is 15.2 Å². The molecule has 0 heterocycles. The van der Waals surface area contributed by atoms with Gasteiger partial charge in [-0.05, 0) is 116 Å². The molecule has 1 atom stereocenters. The number of allylic oxidation sites excluding steroid dienone is 16. The Kier molecular flexibility index (Phi) is 43.1. The minimum Gasteiger partial charge on any atom is -0.480 e. The number of carbonyl (C=O) groups is 3. The summed E-state index contributed by atoms with van der Waals surface area (Å²) in [5, 5.41) is 11.1. The fourth-order valence-corrected chi connectivity index (χ4v) is 6.38. The third kappa shape index (κ3) is 45.0. The molecule has 0 aromatic carbocycles. The zero-order valence-corrected chi connectivity index (χ0v) is 37.1. The minimum absolute atomic E-state index is 0.0246. The molecule has 1 unspecified atom stereocenters. The molecule has 58 heavy (non-hydrogen) atoms. The highest BCUT2D eigenvalue weighted by Crippen LogP contribution is 2.18. The van der Waals surface area contributed by atoms with Crippen molar-refractivity contribution in [3.63, 3.8) is 0 Å². The number of carboxylic acid groups (broad SMARTS) is 1. The van der Waals surface area contributed by atoms with Crippen molar-refractivity contribution in [2.24, 2.45) is 0 Å². The summed E-state index contributed by atoms with van der Waals surface area (Å²) in [6.45, 7) is 3.99. The largest absolute Gasteiger partial charge is 0.480 e. The summed E-state index contributed by atoms with van der Waals surface area (Å²) in [5.74, 6) is -1.28. The summed E-state index contributed by atoms with van der Waals surface area (Å²) in [6, 6.07) is 0. The van der Waals surface area contributed by atoms with Crippen LogP contribution in [0.2, 0.25) is 0 Å². The minimum atomic E-state index is -1.02. The number of carbonyl (C=O) groups excluding carboxylic acids is 2. The van der Waals surface area contributed by atoms with E-state index in [2.05, 4.69) is 116 Å². The summed E-state index contributed by atoms with van der Waals surface area (Å²) in [7, 11) is 0. The van der Waals surface area contributed by atoms with Crippen LogP contribution in [0.15, 0.2) is 97.2 Å². The Labute approximate surface area is 356 Å². The number of carboxylic acids is 1. The number of nitrogens with one attached hydrogen (secondary N) is 1. The first-order valence-electron chi connectivity index (χ1n) is 23.4. The Bertz CT molecular complexity index is 1200. The Hall–Kier alpha value is -3.67. The van der Waals surface area contributed by atoms with Gasteiger partial charge in [0.25, 0.3) is 0 Å². The van der Waals surface area contributed by atoms with E-state index >= 15 is 0 Å². The molecule has 0 aromatic rings. The third-order valence-corrected chi connectivity index (χ3v) is 9.75. The molecule has 0 aromatic heterocycles. The molecule has 0 radical (unpaired) electrons. The van der Waals surface area contributed by atoms with Gasteiger partial charge in [-0.15, -0.1) is 0 Å². The zero-order valence-electron chi connectivity index (χ0n) is 37.1. The maximum Gasteiger partial charge on any atom is 0.322 e. The zero-order chi connectivity index (χ0) is 42.3. The van der Waals surface area contributed by atoms with Crippen molar-refractivity contribution < 1.29 is 24.2 Å². The molecule has 0 saturated carbocycles. The van der Waals surface area contributed by atoms with E-state index in [4.69, 9.17) is 9.84 Å². The SMILES string of the molecule is CC/C=C\C/C=C\C/C=C\C/C=C\CCCCCCCCCCC(=O)OC(CCCC/C=C\C/C=C\C/C=C\C/C=C\CC)CCCCCCCC(=O)NCC(=O)O.